The van der Waals surface area contributed by atoms with Crippen LogP contribution in [0.2, 0.25) is 0 Å². The third-order valence-corrected chi connectivity index (χ3v) is 17.2. The van der Waals surface area contributed by atoms with Crippen LogP contribution in [0.15, 0.2) is 0 Å². The van der Waals surface area contributed by atoms with Crippen LogP contribution in [0.4, 0.5) is 0 Å². The van der Waals surface area contributed by atoms with Gasteiger partial charge in [-0.3, -0.25) is 37.3 Å². The maximum atomic E-state index is 13.0. The van der Waals surface area contributed by atoms with Crippen molar-refractivity contribution in [2.75, 3.05) is 39.6 Å². The molecule has 0 aliphatic rings. The molecule has 0 aromatic heterocycles. The molecule has 0 heterocycles. The molecule has 0 aromatic rings. The quantitative estimate of drug-likeness (QED) is 0.0222. The van der Waals surface area contributed by atoms with Crippen LogP contribution in [0.3, 0.4) is 0 Å². The van der Waals surface area contributed by atoms with Crippen molar-refractivity contribution >= 4 is 39.5 Å². The molecule has 0 saturated carbocycles. The summed E-state index contributed by atoms with van der Waals surface area (Å²) < 4.78 is 68.1. The molecule has 0 radical (unpaired) electrons. The lowest BCUT2D eigenvalue weighted by Gasteiger charge is -2.21. The number of ether oxygens (including phenoxy) is 4. The van der Waals surface area contributed by atoms with Crippen molar-refractivity contribution in [3.05, 3.63) is 0 Å². The van der Waals surface area contributed by atoms with Crippen LogP contribution in [0.5, 0.6) is 0 Å². The van der Waals surface area contributed by atoms with Crippen LogP contribution < -0.4 is 0 Å². The van der Waals surface area contributed by atoms with E-state index in [1.165, 1.54) is 122 Å². The van der Waals surface area contributed by atoms with E-state index in [0.29, 0.717) is 37.5 Å². The lowest BCUT2D eigenvalue weighted by atomic mass is 10.0. The molecule has 0 rings (SSSR count). The number of phosphoric ester groups is 2. The average molecular weight is 1270 g/mol. The zero-order chi connectivity index (χ0) is 63.9. The standard InChI is InChI=1S/C67H130O17P2/c1-57(2)43-35-27-19-14-10-9-11-16-22-31-39-47-64(69)77-53-62(83-66(71)49-41-33-23-17-13-12-15-20-28-36-44-58(3)4)55-81-85(73,74)79-51-61(68)52-80-86(75,76)82-56-63(84-67(72)50-42-34-26-25-30-38-46-60(7)8)54-78-65(70)48-40-32-24-18-21-29-37-45-59(5)6/h57-63,68H,9-56H2,1-8H3,(H,73,74)(H,75,76)/t61?,62-,63-/m1/s1. The molecule has 0 bridgehead atoms. The molecule has 17 nitrogen and oxygen atoms in total. The minimum atomic E-state index is -4.95. The Morgan fingerprint density at radius 3 is 0.721 bits per heavy atom. The number of hydrogen-bond donors (Lipinski definition) is 3. The number of esters is 4. The molecule has 0 amide bonds. The van der Waals surface area contributed by atoms with Crippen LogP contribution in [0, 0.1) is 23.7 Å². The Balaban J connectivity index is 5.24. The summed E-state index contributed by atoms with van der Waals surface area (Å²) in [6.45, 7) is 14.0. The highest BCUT2D eigenvalue weighted by molar-refractivity contribution is 7.47. The van der Waals surface area contributed by atoms with Gasteiger partial charge in [-0.15, -0.1) is 0 Å². The van der Waals surface area contributed by atoms with Crippen molar-refractivity contribution in [2.45, 2.75) is 343 Å². The molecule has 510 valence electrons. The third-order valence-electron chi connectivity index (χ3n) is 15.3. The molecule has 0 aliphatic heterocycles. The van der Waals surface area contributed by atoms with E-state index in [-0.39, 0.29) is 25.7 Å². The van der Waals surface area contributed by atoms with Gasteiger partial charge in [0.15, 0.2) is 12.2 Å². The number of unbranched alkanes of at least 4 members (excludes halogenated alkanes) is 30. The van der Waals surface area contributed by atoms with E-state index >= 15 is 0 Å². The molecular formula is C67H130O17P2. The fourth-order valence-corrected chi connectivity index (χ4v) is 11.5. The first-order chi connectivity index (χ1) is 41.1. The number of carbonyl (C=O) groups is 4. The first-order valence-electron chi connectivity index (χ1n) is 34.7. The van der Waals surface area contributed by atoms with Gasteiger partial charge >= 0.3 is 39.5 Å². The summed E-state index contributed by atoms with van der Waals surface area (Å²) in [6, 6.07) is 0. The molecule has 0 aromatic carbocycles. The van der Waals surface area contributed by atoms with Crippen molar-refractivity contribution in [2.24, 2.45) is 23.7 Å². The van der Waals surface area contributed by atoms with Gasteiger partial charge in [0.25, 0.3) is 0 Å². The number of hydrogen-bond acceptors (Lipinski definition) is 15. The van der Waals surface area contributed by atoms with E-state index in [1.807, 2.05) is 0 Å². The molecule has 0 saturated heterocycles. The predicted octanol–water partition coefficient (Wildman–Crippen LogP) is 18.5. The number of aliphatic hydroxyl groups excluding tert-OH is 1. The molecule has 0 aliphatic carbocycles. The van der Waals surface area contributed by atoms with Gasteiger partial charge in [-0.05, 0) is 49.4 Å². The van der Waals surface area contributed by atoms with Gasteiger partial charge in [0.05, 0.1) is 26.4 Å². The SMILES string of the molecule is CC(C)CCCCCCCCCCCCCC(=O)OC[C@H](COP(=O)(O)OCC(O)COP(=O)(O)OC[C@@H](COC(=O)CCCCCCCCCC(C)C)OC(=O)CCCCCCCCC(C)C)OC(=O)CCCCCCCCCCCCC(C)C. The zero-order valence-electron chi connectivity index (χ0n) is 55.9. The summed E-state index contributed by atoms with van der Waals surface area (Å²) in [4.78, 5) is 72.3. The second kappa shape index (κ2) is 57.0. The molecule has 3 unspecified atom stereocenters. The monoisotopic (exact) mass is 1270 g/mol. The van der Waals surface area contributed by atoms with E-state index in [0.717, 1.165) is 108 Å². The van der Waals surface area contributed by atoms with Crippen LogP contribution in [0.1, 0.15) is 325 Å². The number of phosphoric acid groups is 2. The van der Waals surface area contributed by atoms with Crippen LogP contribution >= 0.6 is 15.6 Å². The number of rotatable bonds is 64. The van der Waals surface area contributed by atoms with E-state index < -0.39 is 97.5 Å². The molecule has 0 spiro atoms. The van der Waals surface area contributed by atoms with Crippen molar-refractivity contribution < 1.29 is 80.2 Å². The maximum absolute atomic E-state index is 13.0. The fraction of sp³-hybridized carbons (Fsp3) is 0.940. The van der Waals surface area contributed by atoms with Gasteiger partial charge in [0.2, 0.25) is 0 Å². The van der Waals surface area contributed by atoms with E-state index in [1.54, 1.807) is 0 Å². The van der Waals surface area contributed by atoms with Crippen LogP contribution in [-0.2, 0) is 65.4 Å². The van der Waals surface area contributed by atoms with E-state index in [4.69, 9.17) is 37.0 Å². The first kappa shape index (κ1) is 84.1. The van der Waals surface area contributed by atoms with Crippen molar-refractivity contribution in [3.8, 4) is 0 Å². The Bertz CT molecular complexity index is 1710. The van der Waals surface area contributed by atoms with E-state index in [9.17, 15) is 43.2 Å². The molecule has 5 atom stereocenters. The number of carbonyl (C=O) groups excluding carboxylic acids is 4. The van der Waals surface area contributed by atoms with Gasteiger partial charge in [-0.1, -0.05) is 274 Å². The molecule has 0 fully saturated rings. The maximum Gasteiger partial charge on any atom is 0.472 e. The predicted molar refractivity (Wildman–Crippen MR) is 344 cm³/mol. The molecule has 3 N–H and O–H groups in total. The summed E-state index contributed by atoms with van der Waals surface area (Å²) in [6.07, 6.45) is 37.8. The first-order valence-corrected chi connectivity index (χ1v) is 37.7. The topological polar surface area (TPSA) is 237 Å². The highest BCUT2D eigenvalue weighted by atomic mass is 31.2. The minimum absolute atomic E-state index is 0.101. The normalized spacial score (nSPS) is 14.4. The summed E-state index contributed by atoms with van der Waals surface area (Å²) in [5.74, 6) is 0.759. The molecular weight excluding hydrogens is 1140 g/mol. The Labute approximate surface area is 524 Å². The molecule has 86 heavy (non-hydrogen) atoms. The number of aliphatic hydroxyl groups is 1. The Hall–Kier alpha value is -1.94. The van der Waals surface area contributed by atoms with Gasteiger partial charge in [-0.2, -0.15) is 0 Å². The van der Waals surface area contributed by atoms with Crippen molar-refractivity contribution in [1.29, 1.82) is 0 Å². The average Bonchev–Trinajstić information content (AvgIpc) is 3.50. The van der Waals surface area contributed by atoms with Gasteiger partial charge in [0.1, 0.15) is 19.3 Å². The minimum Gasteiger partial charge on any atom is -0.462 e. The van der Waals surface area contributed by atoms with Crippen molar-refractivity contribution in [3.63, 3.8) is 0 Å². The highest BCUT2D eigenvalue weighted by Gasteiger charge is 2.30. The Kier molecular flexibility index (Phi) is 55.7. The van der Waals surface area contributed by atoms with Crippen LogP contribution in [-0.4, -0.2) is 96.7 Å². The summed E-state index contributed by atoms with van der Waals surface area (Å²) in [5.41, 5.74) is 0. The van der Waals surface area contributed by atoms with Gasteiger partial charge in [0, 0.05) is 25.7 Å². The lowest BCUT2D eigenvalue weighted by molar-refractivity contribution is -0.161. The van der Waals surface area contributed by atoms with Crippen LogP contribution in [0.25, 0.3) is 0 Å². The Morgan fingerprint density at radius 1 is 0.291 bits per heavy atom. The summed E-state index contributed by atoms with van der Waals surface area (Å²) in [5, 5.41) is 10.6. The summed E-state index contributed by atoms with van der Waals surface area (Å²) >= 11 is 0. The smallest absolute Gasteiger partial charge is 0.462 e. The largest absolute Gasteiger partial charge is 0.472 e. The van der Waals surface area contributed by atoms with Gasteiger partial charge < -0.3 is 33.8 Å². The van der Waals surface area contributed by atoms with Crippen molar-refractivity contribution in [1.82, 2.24) is 0 Å². The Morgan fingerprint density at radius 2 is 0.488 bits per heavy atom. The highest BCUT2D eigenvalue weighted by Crippen LogP contribution is 2.45. The zero-order valence-corrected chi connectivity index (χ0v) is 57.7. The van der Waals surface area contributed by atoms with Gasteiger partial charge in [-0.25, -0.2) is 9.13 Å². The van der Waals surface area contributed by atoms with E-state index in [2.05, 4.69) is 55.4 Å². The second-order valence-electron chi connectivity index (χ2n) is 26.1. The fourth-order valence-electron chi connectivity index (χ4n) is 9.96. The molecule has 19 heteroatoms. The lowest BCUT2D eigenvalue weighted by Crippen LogP contribution is -2.30. The summed E-state index contributed by atoms with van der Waals surface area (Å²) in [7, 11) is -9.89. The second-order valence-corrected chi connectivity index (χ2v) is 29.0. The third kappa shape index (κ3) is 60.9.